The summed E-state index contributed by atoms with van der Waals surface area (Å²) >= 11 is 0. The predicted octanol–water partition coefficient (Wildman–Crippen LogP) is 2.89. The summed E-state index contributed by atoms with van der Waals surface area (Å²) in [5, 5.41) is 6.22. The van der Waals surface area contributed by atoms with Gasteiger partial charge in [0.05, 0.1) is 24.9 Å². The van der Waals surface area contributed by atoms with Gasteiger partial charge in [-0.3, -0.25) is 4.99 Å². The maximum Gasteiger partial charge on any atom is 0.191 e. The number of hydrogen-bond acceptors (Lipinski definition) is 4. The summed E-state index contributed by atoms with van der Waals surface area (Å²) in [6.45, 7) is 5.19. The van der Waals surface area contributed by atoms with Crippen LogP contribution in [-0.2, 0) is 9.84 Å². The van der Waals surface area contributed by atoms with Crippen molar-refractivity contribution in [2.75, 3.05) is 31.7 Å². The topological polar surface area (TPSA) is 79.8 Å². The molecular weight excluding hydrogens is 484 g/mol. The molecule has 0 spiro atoms. The molecule has 0 bridgehead atoms. The highest BCUT2D eigenvalue weighted by Crippen LogP contribution is 2.30. The summed E-state index contributed by atoms with van der Waals surface area (Å²) in [6.07, 6.45) is 3.50. The van der Waals surface area contributed by atoms with Gasteiger partial charge in [-0.1, -0.05) is 6.07 Å². The average Bonchev–Trinajstić information content (AvgIpc) is 3.37. The number of hydrogen-bond donors (Lipinski definition) is 2. The molecule has 0 aromatic heterocycles. The Morgan fingerprint density at radius 2 is 2.11 bits per heavy atom. The summed E-state index contributed by atoms with van der Waals surface area (Å²) in [6, 6.07) is 4.74. The van der Waals surface area contributed by atoms with E-state index in [1.54, 1.807) is 6.07 Å². The number of halogens is 2. The molecule has 2 rings (SSSR count). The Morgan fingerprint density at radius 1 is 1.41 bits per heavy atom. The lowest BCUT2D eigenvalue weighted by atomic mass is 10.1. The SMILES string of the molecule is CCNC(=NCCS(C)(=O)=O)NC(C)c1ccc(OCC2CC2)c(F)c1.I. The molecule has 1 aliphatic carbocycles. The smallest absolute Gasteiger partial charge is 0.191 e. The monoisotopic (exact) mass is 513 g/mol. The van der Waals surface area contributed by atoms with Crippen LogP contribution in [0.4, 0.5) is 4.39 Å². The Balaban J connectivity index is 0.00000364. The lowest BCUT2D eigenvalue weighted by Crippen LogP contribution is -2.39. The van der Waals surface area contributed by atoms with Gasteiger partial charge in [0.15, 0.2) is 17.5 Å². The van der Waals surface area contributed by atoms with Crippen molar-refractivity contribution in [2.45, 2.75) is 32.7 Å². The van der Waals surface area contributed by atoms with Crippen molar-refractivity contribution in [3.63, 3.8) is 0 Å². The Morgan fingerprint density at radius 3 is 2.67 bits per heavy atom. The molecule has 154 valence electrons. The minimum Gasteiger partial charge on any atom is -0.490 e. The van der Waals surface area contributed by atoms with Crippen molar-refractivity contribution in [1.29, 1.82) is 0 Å². The first kappa shape index (κ1) is 23.9. The van der Waals surface area contributed by atoms with Gasteiger partial charge in [-0.25, -0.2) is 12.8 Å². The zero-order chi connectivity index (χ0) is 19.2. The number of nitrogens with one attached hydrogen (secondary N) is 2. The van der Waals surface area contributed by atoms with Crippen LogP contribution in [0, 0.1) is 11.7 Å². The third-order valence-corrected chi connectivity index (χ3v) is 4.98. The molecule has 1 aliphatic rings. The normalized spacial score (nSPS) is 15.6. The largest absolute Gasteiger partial charge is 0.490 e. The molecule has 2 N–H and O–H groups in total. The van der Waals surface area contributed by atoms with E-state index in [0.717, 1.165) is 18.4 Å². The van der Waals surface area contributed by atoms with Crippen LogP contribution in [0.1, 0.15) is 38.3 Å². The summed E-state index contributed by atoms with van der Waals surface area (Å²) in [5.41, 5.74) is 0.759. The van der Waals surface area contributed by atoms with Crippen LogP contribution >= 0.6 is 24.0 Å². The maximum atomic E-state index is 14.2. The van der Waals surface area contributed by atoms with Gasteiger partial charge in [-0.15, -0.1) is 24.0 Å². The highest BCUT2D eigenvalue weighted by molar-refractivity contribution is 14.0. The van der Waals surface area contributed by atoms with Gasteiger partial charge in [0, 0.05) is 12.8 Å². The van der Waals surface area contributed by atoms with E-state index < -0.39 is 9.84 Å². The third kappa shape index (κ3) is 9.09. The summed E-state index contributed by atoms with van der Waals surface area (Å²) in [4.78, 5) is 4.26. The van der Waals surface area contributed by atoms with E-state index in [1.165, 1.54) is 12.3 Å². The van der Waals surface area contributed by atoms with Crippen molar-refractivity contribution in [2.24, 2.45) is 10.9 Å². The Hall–Kier alpha value is -1.10. The minimum atomic E-state index is -3.06. The zero-order valence-corrected chi connectivity index (χ0v) is 19.1. The molecule has 1 atom stereocenters. The first-order valence-electron chi connectivity index (χ1n) is 8.93. The van der Waals surface area contributed by atoms with E-state index in [9.17, 15) is 12.8 Å². The number of ether oxygens (including phenoxy) is 1. The summed E-state index contributed by atoms with van der Waals surface area (Å²) < 4.78 is 42.2. The average molecular weight is 513 g/mol. The maximum absolute atomic E-state index is 14.2. The van der Waals surface area contributed by atoms with E-state index in [-0.39, 0.29) is 53.9 Å². The van der Waals surface area contributed by atoms with Gasteiger partial charge >= 0.3 is 0 Å². The van der Waals surface area contributed by atoms with Gasteiger partial charge in [0.2, 0.25) is 0 Å². The lowest BCUT2D eigenvalue weighted by Gasteiger charge is -2.19. The second kappa shape index (κ2) is 11.0. The molecule has 1 unspecified atom stereocenters. The summed E-state index contributed by atoms with van der Waals surface area (Å²) in [5.74, 6) is 0.954. The summed E-state index contributed by atoms with van der Waals surface area (Å²) in [7, 11) is -3.06. The Bertz CT molecular complexity index is 739. The molecule has 27 heavy (non-hydrogen) atoms. The van der Waals surface area contributed by atoms with Crippen LogP contribution in [0.15, 0.2) is 23.2 Å². The molecule has 0 saturated heterocycles. The highest BCUT2D eigenvalue weighted by atomic mass is 127. The predicted molar refractivity (Wildman–Crippen MR) is 117 cm³/mol. The first-order chi connectivity index (χ1) is 12.3. The number of rotatable bonds is 9. The van der Waals surface area contributed by atoms with Crippen molar-refractivity contribution in [1.82, 2.24) is 10.6 Å². The molecule has 1 aromatic carbocycles. The van der Waals surface area contributed by atoms with Gasteiger partial charge in [-0.2, -0.15) is 0 Å². The molecule has 6 nitrogen and oxygen atoms in total. The lowest BCUT2D eigenvalue weighted by molar-refractivity contribution is 0.285. The molecular formula is C18H29FIN3O3S. The molecule has 0 amide bonds. The van der Waals surface area contributed by atoms with Gasteiger partial charge in [0.1, 0.15) is 9.84 Å². The molecule has 1 fully saturated rings. The highest BCUT2D eigenvalue weighted by Gasteiger charge is 2.22. The van der Waals surface area contributed by atoms with Crippen LogP contribution in [-0.4, -0.2) is 46.1 Å². The van der Waals surface area contributed by atoms with Crippen LogP contribution in [0.25, 0.3) is 0 Å². The number of sulfone groups is 1. The fourth-order valence-electron chi connectivity index (χ4n) is 2.33. The number of aliphatic imine (C=N–C) groups is 1. The fraction of sp³-hybridized carbons (Fsp3) is 0.611. The standard InChI is InChI=1S/C18H28FN3O3S.HI/c1-4-20-18(21-9-10-26(3,23)24)22-13(2)15-7-8-17(16(19)11-15)25-12-14-5-6-14;/h7-8,11,13-14H,4-6,9-10,12H2,1-3H3,(H2,20,21,22);1H. The number of benzene rings is 1. The molecule has 0 radical (unpaired) electrons. The first-order valence-corrected chi connectivity index (χ1v) is 11.0. The van der Waals surface area contributed by atoms with Gasteiger partial charge in [-0.05, 0) is 50.3 Å². The Labute approximate surface area is 178 Å². The zero-order valence-electron chi connectivity index (χ0n) is 16.0. The van der Waals surface area contributed by atoms with Crippen molar-refractivity contribution in [3.05, 3.63) is 29.6 Å². The molecule has 1 aromatic rings. The second-order valence-electron chi connectivity index (χ2n) is 6.70. The van der Waals surface area contributed by atoms with Gasteiger partial charge < -0.3 is 15.4 Å². The van der Waals surface area contributed by atoms with E-state index in [0.29, 0.717) is 25.0 Å². The third-order valence-electron chi connectivity index (χ3n) is 4.06. The molecule has 1 saturated carbocycles. The quantitative estimate of drug-likeness (QED) is 0.302. The number of nitrogens with zero attached hydrogens (tertiary/aromatic N) is 1. The van der Waals surface area contributed by atoms with Crippen LogP contribution in [0.3, 0.4) is 0 Å². The van der Waals surface area contributed by atoms with Crippen molar-refractivity contribution >= 4 is 39.8 Å². The van der Waals surface area contributed by atoms with Crippen LogP contribution < -0.4 is 15.4 Å². The van der Waals surface area contributed by atoms with E-state index in [2.05, 4.69) is 15.6 Å². The van der Waals surface area contributed by atoms with E-state index >= 15 is 0 Å². The van der Waals surface area contributed by atoms with Crippen LogP contribution in [0.2, 0.25) is 0 Å². The Kier molecular flexibility index (Phi) is 9.78. The minimum absolute atomic E-state index is 0. The van der Waals surface area contributed by atoms with Crippen molar-refractivity contribution in [3.8, 4) is 5.75 Å². The number of guanidine groups is 1. The van der Waals surface area contributed by atoms with E-state index in [4.69, 9.17) is 4.74 Å². The van der Waals surface area contributed by atoms with E-state index in [1.807, 2.05) is 19.9 Å². The van der Waals surface area contributed by atoms with Crippen molar-refractivity contribution < 1.29 is 17.5 Å². The fourth-order valence-corrected chi connectivity index (χ4v) is 2.75. The molecule has 0 heterocycles. The second-order valence-corrected chi connectivity index (χ2v) is 8.96. The van der Waals surface area contributed by atoms with Gasteiger partial charge in [0.25, 0.3) is 0 Å². The molecule has 9 heteroatoms. The van der Waals surface area contributed by atoms with Crippen LogP contribution in [0.5, 0.6) is 5.75 Å². The molecule has 0 aliphatic heterocycles.